The Labute approximate surface area is 60.3 Å². The van der Waals surface area contributed by atoms with E-state index in [1.807, 2.05) is 6.08 Å². The summed E-state index contributed by atoms with van der Waals surface area (Å²) in [6, 6.07) is 0. The highest BCUT2D eigenvalue weighted by atomic mass is 16.1. The Bertz CT molecular complexity index is 189. The van der Waals surface area contributed by atoms with Crippen molar-refractivity contribution in [3.05, 3.63) is 12.2 Å². The van der Waals surface area contributed by atoms with Gasteiger partial charge in [0, 0.05) is 6.08 Å². The lowest BCUT2D eigenvalue weighted by molar-refractivity contribution is -0.116. The summed E-state index contributed by atoms with van der Waals surface area (Å²) in [6.45, 7) is 0. The van der Waals surface area contributed by atoms with Crippen LogP contribution in [0.2, 0.25) is 0 Å². The van der Waals surface area contributed by atoms with Crippen LogP contribution in [0.4, 0.5) is 0 Å². The van der Waals surface area contributed by atoms with Gasteiger partial charge in [0.15, 0.2) is 0 Å². The average molecular weight is 137 g/mol. The van der Waals surface area contributed by atoms with Gasteiger partial charge in [-0.15, -0.1) is 0 Å². The fourth-order valence-corrected chi connectivity index (χ4v) is 1.86. The van der Waals surface area contributed by atoms with Gasteiger partial charge in [0.25, 0.3) is 0 Å². The highest BCUT2D eigenvalue weighted by Gasteiger charge is 2.35. The lowest BCUT2D eigenvalue weighted by Crippen LogP contribution is -2.38. The number of nitrogens with one attached hydrogen (secondary N) is 1. The molecule has 0 aromatic rings. The number of rotatable bonds is 0. The smallest absolute Gasteiger partial charge is 0.244 e. The lowest BCUT2D eigenvalue weighted by Gasteiger charge is -2.20. The highest BCUT2D eigenvalue weighted by Crippen LogP contribution is 2.32. The molecule has 0 unspecified atom stereocenters. The third-order valence-corrected chi connectivity index (χ3v) is 2.42. The molecule has 0 radical (unpaired) electrons. The Balaban J connectivity index is 2.18. The molecule has 0 atom stereocenters. The van der Waals surface area contributed by atoms with Gasteiger partial charge in [0.1, 0.15) is 0 Å². The van der Waals surface area contributed by atoms with Crippen molar-refractivity contribution in [1.29, 1.82) is 0 Å². The Kier molecular flexibility index (Phi) is 1.10. The largest absolute Gasteiger partial charge is 0.344 e. The minimum atomic E-state index is 0.0804. The predicted octanol–water partition coefficient (Wildman–Crippen LogP) is 0.985. The molecule has 1 N–H and O–H groups in total. The standard InChI is InChI=1S/C8H11NO/c10-7-3-6-8(9-7)4-1-2-5-8/h3,6H,1-2,4-5H2,(H,9,10). The fraction of sp³-hybridized carbons (Fsp3) is 0.625. The molecule has 1 fully saturated rings. The zero-order valence-corrected chi connectivity index (χ0v) is 5.89. The topological polar surface area (TPSA) is 29.1 Å². The molecule has 1 aliphatic carbocycles. The molecule has 0 bridgehead atoms. The van der Waals surface area contributed by atoms with Crippen molar-refractivity contribution in [3.63, 3.8) is 0 Å². The van der Waals surface area contributed by atoms with Gasteiger partial charge in [-0.25, -0.2) is 0 Å². The lowest BCUT2D eigenvalue weighted by atomic mass is 10.0. The first-order valence-electron chi connectivity index (χ1n) is 3.82. The van der Waals surface area contributed by atoms with E-state index in [4.69, 9.17) is 0 Å². The summed E-state index contributed by atoms with van der Waals surface area (Å²) in [7, 11) is 0. The summed E-state index contributed by atoms with van der Waals surface area (Å²) < 4.78 is 0. The molecule has 0 aromatic heterocycles. The third kappa shape index (κ3) is 0.753. The van der Waals surface area contributed by atoms with Crippen molar-refractivity contribution in [3.8, 4) is 0 Å². The van der Waals surface area contributed by atoms with Gasteiger partial charge < -0.3 is 5.32 Å². The van der Waals surface area contributed by atoms with Crippen LogP contribution >= 0.6 is 0 Å². The first kappa shape index (κ1) is 5.96. The minimum absolute atomic E-state index is 0.0804. The van der Waals surface area contributed by atoms with Crippen molar-refractivity contribution >= 4 is 5.91 Å². The molecule has 54 valence electrons. The molecule has 1 aliphatic heterocycles. The van der Waals surface area contributed by atoms with Gasteiger partial charge in [0.05, 0.1) is 5.54 Å². The molecule has 2 nitrogen and oxygen atoms in total. The molecule has 0 aromatic carbocycles. The van der Waals surface area contributed by atoms with Gasteiger partial charge in [0.2, 0.25) is 5.91 Å². The maximum Gasteiger partial charge on any atom is 0.244 e. The van der Waals surface area contributed by atoms with Crippen LogP contribution in [0.15, 0.2) is 12.2 Å². The Hall–Kier alpha value is -0.790. The Morgan fingerprint density at radius 3 is 2.60 bits per heavy atom. The second-order valence-corrected chi connectivity index (χ2v) is 3.19. The summed E-state index contributed by atoms with van der Waals surface area (Å²) >= 11 is 0. The van der Waals surface area contributed by atoms with Crippen molar-refractivity contribution < 1.29 is 4.79 Å². The van der Waals surface area contributed by atoms with Crippen molar-refractivity contribution in [1.82, 2.24) is 5.32 Å². The van der Waals surface area contributed by atoms with E-state index in [0.29, 0.717) is 0 Å². The van der Waals surface area contributed by atoms with E-state index in [-0.39, 0.29) is 11.4 Å². The molecular formula is C8H11NO. The van der Waals surface area contributed by atoms with E-state index < -0.39 is 0 Å². The second kappa shape index (κ2) is 1.84. The molecule has 1 amide bonds. The van der Waals surface area contributed by atoms with Gasteiger partial charge >= 0.3 is 0 Å². The van der Waals surface area contributed by atoms with Gasteiger partial charge in [-0.3, -0.25) is 4.79 Å². The first-order valence-corrected chi connectivity index (χ1v) is 3.82. The number of hydrogen-bond donors (Lipinski definition) is 1. The van der Waals surface area contributed by atoms with Crippen LogP contribution < -0.4 is 5.32 Å². The van der Waals surface area contributed by atoms with Crippen molar-refractivity contribution in [2.24, 2.45) is 0 Å². The second-order valence-electron chi connectivity index (χ2n) is 3.19. The number of hydrogen-bond acceptors (Lipinski definition) is 1. The predicted molar refractivity (Wildman–Crippen MR) is 38.5 cm³/mol. The summed E-state index contributed by atoms with van der Waals surface area (Å²) in [4.78, 5) is 10.8. The molecule has 1 heterocycles. The van der Waals surface area contributed by atoms with E-state index in [1.54, 1.807) is 6.08 Å². The van der Waals surface area contributed by atoms with Crippen molar-refractivity contribution in [2.75, 3.05) is 0 Å². The number of carbonyl (C=O) groups is 1. The van der Waals surface area contributed by atoms with Crippen LogP contribution in [0.3, 0.4) is 0 Å². The quantitative estimate of drug-likeness (QED) is 0.530. The van der Waals surface area contributed by atoms with E-state index in [1.165, 1.54) is 12.8 Å². The van der Waals surface area contributed by atoms with Crippen molar-refractivity contribution in [2.45, 2.75) is 31.2 Å². The molecule has 10 heavy (non-hydrogen) atoms. The fourth-order valence-electron chi connectivity index (χ4n) is 1.86. The third-order valence-electron chi connectivity index (χ3n) is 2.42. The maximum atomic E-state index is 10.8. The van der Waals surface area contributed by atoms with Crippen LogP contribution in [0.5, 0.6) is 0 Å². The molecule has 2 heteroatoms. The maximum absolute atomic E-state index is 10.8. The summed E-state index contributed by atoms with van der Waals surface area (Å²) in [5, 5.41) is 2.98. The van der Waals surface area contributed by atoms with E-state index in [0.717, 1.165) is 12.8 Å². The SMILES string of the molecule is O=C1C=CC2(CCCC2)N1. The van der Waals surface area contributed by atoms with Gasteiger partial charge in [-0.1, -0.05) is 18.9 Å². The van der Waals surface area contributed by atoms with Crippen LogP contribution in [0.1, 0.15) is 25.7 Å². The molecular weight excluding hydrogens is 126 g/mol. The molecule has 2 aliphatic rings. The molecule has 0 saturated heterocycles. The zero-order valence-electron chi connectivity index (χ0n) is 5.89. The van der Waals surface area contributed by atoms with Crippen LogP contribution in [0, 0.1) is 0 Å². The number of carbonyl (C=O) groups excluding carboxylic acids is 1. The summed E-state index contributed by atoms with van der Waals surface area (Å²) in [6.07, 6.45) is 8.47. The van der Waals surface area contributed by atoms with E-state index >= 15 is 0 Å². The average Bonchev–Trinajstić information content (AvgIpc) is 2.46. The van der Waals surface area contributed by atoms with Gasteiger partial charge in [-0.2, -0.15) is 0 Å². The van der Waals surface area contributed by atoms with E-state index in [2.05, 4.69) is 5.32 Å². The first-order chi connectivity index (χ1) is 4.81. The van der Waals surface area contributed by atoms with Gasteiger partial charge in [-0.05, 0) is 12.8 Å². The van der Waals surface area contributed by atoms with E-state index in [9.17, 15) is 4.79 Å². The molecule has 1 saturated carbocycles. The molecule has 2 rings (SSSR count). The number of amides is 1. The summed E-state index contributed by atoms with van der Waals surface area (Å²) in [5.41, 5.74) is 0.0804. The van der Waals surface area contributed by atoms with Crippen LogP contribution in [-0.4, -0.2) is 11.4 Å². The Morgan fingerprint density at radius 2 is 2.10 bits per heavy atom. The summed E-state index contributed by atoms with van der Waals surface area (Å²) in [5.74, 6) is 0.0851. The zero-order chi connectivity index (χ0) is 7.03. The van der Waals surface area contributed by atoms with Crippen LogP contribution in [-0.2, 0) is 4.79 Å². The minimum Gasteiger partial charge on any atom is -0.344 e. The monoisotopic (exact) mass is 137 g/mol. The van der Waals surface area contributed by atoms with Crippen LogP contribution in [0.25, 0.3) is 0 Å². The molecule has 1 spiro atoms. The normalized spacial score (nSPS) is 27.8. The Morgan fingerprint density at radius 1 is 1.40 bits per heavy atom. The highest BCUT2D eigenvalue weighted by molar-refractivity contribution is 5.91.